The van der Waals surface area contributed by atoms with Gasteiger partial charge in [-0.2, -0.15) is 0 Å². The highest BCUT2D eigenvalue weighted by atomic mass is 16.3. The lowest BCUT2D eigenvalue weighted by atomic mass is 9.78. The summed E-state index contributed by atoms with van der Waals surface area (Å²) >= 11 is 0. The second kappa shape index (κ2) is 8.19. The zero-order valence-corrected chi connectivity index (χ0v) is 17.6. The van der Waals surface area contributed by atoms with Crippen LogP contribution in [-0.4, -0.2) is 38.0 Å². The number of carbonyl (C=O) groups excluding carboxylic acids is 1. The van der Waals surface area contributed by atoms with Crippen molar-refractivity contribution in [3.8, 4) is 0 Å². The number of nitrogens with one attached hydrogen (secondary N) is 1. The SMILES string of the molecule is CCn1cncc1CNC(=O)[C@H]1[C@@H]2C[C@@H](CN(Cc3ccco3)C2)c2cccc(=O)n21. The van der Waals surface area contributed by atoms with Crippen molar-refractivity contribution in [1.29, 1.82) is 0 Å². The van der Waals surface area contributed by atoms with E-state index in [1.54, 1.807) is 35.5 Å². The molecule has 8 heteroatoms. The van der Waals surface area contributed by atoms with Gasteiger partial charge in [-0.1, -0.05) is 6.07 Å². The van der Waals surface area contributed by atoms with Crippen LogP contribution in [-0.2, 0) is 24.4 Å². The Balaban J connectivity index is 1.42. The normalized spacial score (nSPS) is 22.8. The summed E-state index contributed by atoms with van der Waals surface area (Å²) in [6.45, 7) is 5.55. The van der Waals surface area contributed by atoms with Crippen LogP contribution in [0.3, 0.4) is 0 Å². The first-order valence-electron chi connectivity index (χ1n) is 10.9. The fourth-order valence-corrected chi connectivity index (χ4v) is 5.18. The van der Waals surface area contributed by atoms with Gasteiger partial charge in [-0.05, 0) is 31.5 Å². The number of furan rings is 1. The largest absolute Gasteiger partial charge is 0.468 e. The van der Waals surface area contributed by atoms with Crippen LogP contribution >= 0.6 is 0 Å². The van der Waals surface area contributed by atoms with Crippen LogP contribution in [0.15, 0.2) is 58.3 Å². The molecule has 1 saturated heterocycles. The summed E-state index contributed by atoms with van der Waals surface area (Å²) in [6, 6.07) is 8.70. The third kappa shape index (κ3) is 3.72. The first kappa shape index (κ1) is 19.8. The van der Waals surface area contributed by atoms with Crippen molar-refractivity contribution in [2.45, 2.75) is 44.9 Å². The first-order valence-corrected chi connectivity index (χ1v) is 10.9. The summed E-state index contributed by atoms with van der Waals surface area (Å²) in [5, 5.41) is 3.06. The number of likely N-dealkylation sites (tertiary alicyclic amines) is 1. The number of pyridine rings is 1. The molecule has 0 aromatic carbocycles. The van der Waals surface area contributed by atoms with Gasteiger partial charge in [-0.3, -0.25) is 19.1 Å². The molecular weight excluding hydrogens is 394 g/mol. The molecule has 3 aromatic rings. The van der Waals surface area contributed by atoms with Gasteiger partial charge in [0, 0.05) is 49.4 Å². The van der Waals surface area contributed by atoms with Gasteiger partial charge in [0.25, 0.3) is 5.56 Å². The number of nitrogens with zero attached hydrogens (tertiary/aromatic N) is 4. The van der Waals surface area contributed by atoms with Gasteiger partial charge in [0.15, 0.2) is 0 Å². The van der Waals surface area contributed by atoms with Gasteiger partial charge < -0.3 is 14.3 Å². The standard InChI is InChI=1S/C23H27N5O3/c1-2-27-15-24-10-18(27)11-25-23(30)22-17-9-16(20-6-3-7-21(29)28(20)22)12-26(13-17)14-19-5-4-8-31-19/h3-8,10,15-17,22H,2,9,11-14H2,1H3,(H,25,30)/t16-,17+,22+/m0/s1. The van der Waals surface area contributed by atoms with E-state index in [4.69, 9.17) is 4.42 Å². The minimum Gasteiger partial charge on any atom is -0.468 e. The Hall–Kier alpha value is -3.13. The van der Waals surface area contributed by atoms with Crippen molar-refractivity contribution in [2.24, 2.45) is 5.92 Å². The Morgan fingerprint density at radius 3 is 2.97 bits per heavy atom. The molecule has 31 heavy (non-hydrogen) atoms. The number of hydrogen-bond donors (Lipinski definition) is 1. The highest BCUT2D eigenvalue weighted by Crippen LogP contribution is 2.41. The quantitative estimate of drug-likeness (QED) is 0.659. The van der Waals surface area contributed by atoms with Crippen molar-refractivity contribution in [3.05, 3.63) is 76.6 Å². The second-order valence-electron chi connectivity index (χ2n) is 8.46. The van der Waals surface area contributed by atoms with E-state index < -0.39 is 6.04 Å². The molecule has 8 nitrogen and oxygen atoms in total. The molecule has 0 radical (unpaired) electrons. The average Bonchev–Trinajstić information content (AvgIpc) is 3.44. The maximum Gasteiger partial charge on any atom is 0.251 e. The Kier molecular flexibility index (Phi) is 5.23. The lowest BCUT2D eigenvalue weighted by molar-refractivity contribution is -0.128. The Morgan fingerprint density at radius 1 is 1.26 bits per heavy atom. The van der Waals surface area contributed by atoms with E-state index in [-0.39, 0.29) is 23.3 Å². The molecule has 3 aromatic heterocycles. The van der Waals surface area contributed by atoms with Crippen LogP contribution in [0, 0.1) is 5.92 Å². The zero-order chi connectivity index (χ0) is 21.4. The van der Waals surface area contributed by atoms with Crippen LogP contribution < -0.4 is 10.9 Å². The molecule has 2 bridgehead atoms. The summed E-state index contributed by atoms with van der Waals surface area (Å²) < 4.78 is 9.27. The van der Waals surface area contributed by atoms with E-state index in [1.165, 1.54) is 0 Å². The second-order valence-corrected chi connectivity index (χ2v) is 8.46. The summed E-state index contributed by atoms with van der Waals surface area (Å²) in [5.74, 6) is 1.10. The van der Waals surface area contributed by atoms with Crippen LogP contribution in [0.4, 0.5) is 0 Å². The fraction of sp³-hybridized carbons (Fsp3) is 0.435. The molecule has 1 fully saturated rings. The molecule has 5 rings (SSSR count). The molecule has 5 heterocycles. The minimum absolute atomic E-state index is 0.0670. The van der Waals surface area contributed by atoms with Gasteiger partial charge >= 0.3 is 0 Å². The van der Waals surface area contributed by atoms with Crippen LogP contribution in [0.2, 0.25) is 0 Å². The Morgan fingerprint density at radius 2 is 2.16 bits per heavy atom. The summed E-state index contributed by atoms with van der Waals surface area (Å²) in [7, 11) is 0. The highest BCUT2D eigenvalue weighted by molar-refractivity contribution is 5.81. The highest BCUT2D eigenvalue weighted by Gasteiger charge is 2.43. The van der Waals surface area contributed by atoms with E-state index in [0.29, 0.717) is 13.1 Å². The molecule has 2 aliphatic heterocycles. The third-order valence-corrected chi connectivity index (χ3v) is 6.53. The van der Waals surface area contributed by atoms with Gasteiger partial charge in [0.05, 0.1) is 31.4 Å². The number of fused-ring (bicyclic) bond motifs is 4. The van der Waals surface area contributed by atoms with E-state index >= 15 is 0 Å². The van der Waals surface area contributed by atoms with Crippen molar-refractivity contribution in [2.75, 3.05) is 13.1 Å². The monoisotopic (exact) mass is 421 g/mol. The summed E-state index contributed by atoms with van der Waals surface area (Å²) in [6.07, 6.45) is 6.13. The first-order chi connectivity index (χ1) is 15.1. The molecule has 2 aliphatic rings. The Bertz CT molecular complexity index is 1120. The summed E-state index contributed by atoms with van der Waals surface area (Å²) in [5.41, 5.74) is 1.80. The van der Waals surface area contributed by atoms with Crippen molar-refractivity contribution >= 4 is 5.91 Å². The van der Waals surface area contributed by atoms with Crippen LogP contribution in [0.1, 0.15) is 42.5 Å². The molecule has 1 N–H and O–H groups in total. The van der Waals surface area contributed by atoms with E-state index in [9.17, 15) is 9.59 Å². The predicted molar refractivity (Wildman–Crippen MR) is 114 cm³/mol. The van der Waals surface area contributed by atoms with E-state index in [0.717, 1.165) is 43.2 Å². The molecular formula is C23H27N5O3. The number of hydrogen-bond acceptors (Lipinski definition) is 5. The number of aromatic nitrogens is 3. The lowest BCUT2D eigenvalue weighted by Gasteiger charge is -2.46. The van der Waals surface area contributed by atoms with Crippen LogP contribution in [0.25, 0.3) is 0 Å². The molecule has 0 saturated carbocycles. The smallest absolute Gasteiger partial charge is 0.251 e. The van der Waals surface area contributed by atoms with Gasteiger partial charge in [-0.25, -0.2) is 4.98 Å². The lowest BCUT2D eigenvalue weighted by Crippen LogP contribution is -2.53. The predicted octanol–water partition coefficient (Wildman–Crippen LogP) is 2.13. The maximum absolute atomic E-state index is 13.4. The number of rotatable bonds is 6. The Labute approximate surface area is 180 Å². The maximum atomic E-state index is 13.4. The molecule has 0 aliphatic carbocycles. The molecule has 3 atom stereocenters. The van der Waals surface area contributed by atoms with Gasteiger partial charge in [0.2, 0.25) is 5.91 Å². The number of amides is 1. The van der Waals surface area contributed by atoms with Gasteiger partial charge in [0.1, 0.15) is 11.8 Å². The zero-order valence-electron chi connectivity index (χ0n) is 17.6. The topological polar surface area (TPSA) is 85.3 Å². The molecule has 0 unspecified atom stereocenters. The fourth-order valence-electron chi connectivity index (χ4n) is 5.18. The van der Waals surface area contributed by atoms with Crippen molar-refractivity contribution < 1.29 is 9.21 Å². The van der Waals surface area contributed by atoms with Crippen molar-refractivity contribution in [1.82, 2.24) is 24.3 Å². The number of aryl methyl sites for hydroxylation is 1. The average molecular weight is 422 g/mol. The third-order valence-electron chi connectivity index (χ3n) is 6.53. The number of piperidine rings is 1. The minimum atomic E-state index is -0.516. The molecule has 1 amide bonds. The molecule has 162 valence electrons. The summed E-state index contributed by atoms with van der Waals surface area (Å²) in [4.78, 5) is 32.7. The molecule has 0 spiro atoms. The van der Waals surface area contributed by atoms with Crippen LogP contribution in [0.5, 0.6) is 0 Å². The van der Waals surface area contributed by atoms with Gasteiger partial charge in [-0.15, -0.1) is 0 Å². The number of carbonyl (C=O) groups is 1. The number of imidazole rings is 1. The van der Waals surface area contributed by atoms with E-state index in [1.807, 2.05) is 29.7 Å². The van der Waals surface area contributed by atoms with Crippen molar-refractivity contribution in [3.63, 3.8) is 0 Å². The van der Waals surface area contributed by atoms with E-state index in [2.05, 4.69) is 15.2 Å².